The molecule has 19 heavy (non-hydrogen) atoms. The predicted octanol–water partition coefficient (Wildman–Crippen LogP) is 2.90. The summed E-state index contributed by atoms with van der Waals surface area (Å²) < 4.78 is 0. The average molecular weight is 266 g/mol. The molecule has 3 heteroatoms. The molecule has 1 spiro atoms. The summed E-state index contributed by atoms with van der Waals surface area (Å²) in [6, 6.07) is 0.802. The lowest BCUT2D eigenvalue weighted by Crippen LogP contribution is -2.46. The van der Waals surface area contributed by atoms with Gasteiger partial charge in [0.1, 0.15) is 0 Å². The van der Waals surface area contributed by atoms with E-state index in [2.05, 4.69) is 18.9 Å². The van der Waals surface area contributed by atoms with Crippen molar-refractivity contribution in [2.24, 2.45) is 5.41 Å². The van der Waals surface area contributed by atoms with Gasteiger partial charge in [-0.2, -0.15) is 0 Å². The second-order valence-electron chi connectivity index (χ2n) is 6.72. The summed E-state index contributed by atoms with van der Waals surface area (Å²) in [5.74, 6) is 0.256. The fourth-order valence-corrected chi connectivity index (χ4v) is 3.99. The van der Waals surface area contributed by atoms with Gasteiger partial charge in [0.05, 0.1) is 0 Å². The number of hydrogen-bond donors (Lipinski definition) is 0. The molecule has 2 rings (SSSR count). The lowest BCUT2D eigenvalue weighted by atomic mass is 9.66. The Kier molecular flexibility index (Phi) is 4.88. The van der Waals surface area contributed by atoms with Crippen LogP contribution >= 0.6 is 0 Å². The minimum Gasteiger partial charge on any atom is -0.343 e. The highest BCUT2D eigenvalue weighted by atomic mass is 16.2. The Hall–Kier alpha value is -0.570. The largest absolute Gasteiger partial charge is 0.343 e. The van der Waals surface area contributed by atoms with E-state index in [1.807, 2.05) is 4.90 Å². The summed E-state index contributed by atoms with van der Waals surface area (Å²) in [4.78, 5) is 16.0. The monoisotopic (exact) mass is 266 g/mol. The maximum Gasteiger partial charge on any atom is 0.219 e. The molecule has 1 amide bonds. The molecule has 0 aromatic carbocycles. The smallest absolute Gasteiger partial charge is 0.219 e. The summed E-state index contributed by atoms with van der Waals surface area (Å²) in [6.07, 6.45) is 9.18. The zero-order valence-corrected chi connectivity index (χ0v) is 13.0. The van der Waals surface area contributed by atoms with Gasteiger partial charge in [-0.05, 0) is 64.0 Å². The topological polar surface area (TPSA) is 23.6 Å². The molecule has 2 aliphatic rings. The quantitative estimate of drug-likeness (QED) is 0.784. The summed E-state index contributed by atoms with van der Waals surface area (Å²) in [6.45, 7) is 7.18. The summed E-state index contributed by atoms with van der Waals surface area (Å²) in [7, 11) is 2.28. The zero-order chi connectivity index (χ0) is 13.9. The maximum absolute atomic E-state index is 11.4. The molecule has 1 saturated heterocycles. The SMILES string of the molecule is CCCN(C)C1CCC2(CC1)CCN(C(C)=O)CC2. The van der Waals surface area contributed by atoms with Crippen molar-refractivity contribution in [2.45, 2.75) is 64.8 Å². The molecular weight excluding hydrogens is 236 g/mol. The molecule has 0 atom stereocenters. The highest BCUT2D eigenvalue weighted by Crippen LogP contribution is 2.45. The highest BCUT2D eigenvalue weighted by Gasteiger charge is 2.39. The molecule has 0 N–H and O–H groups in total. The standard InChI is InChI=1S/C16H30N2O/c1-4-11-17(3)15-5-7-16(8-6-15)9-12-18(13-10-16)14(2)19/h15H,4-13H2,1-3H3. The lowest BCUT2D eigenvalue weighted by molar-refractivity contribution is -0.131. The van der Waals surface area contributed by atoms with Gasteiger partial charge >= 0.3 is 0 Å². The third-order valence-electron chi connectivity index (χ3n) is 5.48. The number of carbonyl (C=O) groups excluding carboxylic acids is 1. The molecule has 0 aromatic heterocycles. The van der Waals surface area contributed by atoms with Gasteiger partial charge in [0, 0.05) is 26.1 Å². The average Bonchev–Trinajstić information content (AvgIpc) is 2.40. The van der Waals surface area contributed by atoms with Crippen molar-refractivity contribution in [3.63, 3.8) is 0 Å². The van der Waals surface area contributed by atoms with Crippen molar-refractivity contribution in [1.82, 2.24) is 9.80 Å². The summed E-state index contributed by atoms with van der Waals surface area (Å²) in [5.41, 5.74) is 0.565. The van der Waals surface area contributed by atoms with Crippen LogP contribution in [0.4, 0.5) is 0 Å². The number of rotatable bonds is 3. The van der Waals surface area contributed by atoms with Gasteiger partial charge in [-0.25, -0.2) is 0 Å². The molecule has 1 aliphatic heterocycles. The van der Waals surface area contributed by atoms with Crippen LogP contribution in [-0.2, 0) is 4.79 Å². The highest BCUT2D eigenvalue weighted by molar-refractivity contribution is 5.73. The van der Waals surface area contributed by atoms with Crippen LogP contribution in [0.1, 0.15) is 58.8 Å². The van der Waals surface area contributed by atoms with Crippen molar-refractivity contribution in [3.8, 4) is 0 Å². The van der Waals surface area contributed by atoms with E-state index in [9.17, 15) is 4.79 Å². The first-order valence-electron chi connectivity index (χ1n) is 8.02. The minimum absolute atomic E-state index is 0.256. The van der Waals surface area contributed by atoms with Crippen LogP contribution in [0.5, 0.6) is 0 Å². The van der Waals surface area contributed by atoms with Crippen LogP contribution in [0, 0.1) is 5.41 Å². The Morgan fingerprint density at radius 3 is 2.26 bits per heavy atom. The number of likely N-dealkylation sites (tertiary alicyclic amines) is 1. The lowest BCUT2D eigenvalue weighted by Gasteiger charge is -2.47. The first-order valence-corrected chi connectivity index (χ1v) is 8.02. The molecule has 3 nitrogen and oxygen atoms in total. The summed E-state index contributed by atoms with van der Waals surface area (Å²) >= 11 is 0. The fourth-order valence-electron chi connectivity index (χ4n) is 3.99. The number of carbonyl (C=O) groups is 1. The van der Waals surface area contributed by atoms with Gasteiger partial charge < -0.3 is 9.80 Å². The predicted molar refractivity (Wildman–Crippen MR) is 79.1 cm³/mol. The van der Waals surface area contributed by atoms with Crippen LogP contribution in [0.25, 0.3) is 0 Å². The molecule has 1 aliphatic carbocycles. The molecule has 110 valence electrons. The normalized spacial score (nSPS) is 24.1. The third kappa shape index (κ3) is 3.50. The summed E-state index contributed by atoms with van der Waals surface area (Å²) in [5, 5.41) is 0. The van der Waals surface area contributed by atoms with Crippen molar-refractivity contribution in [1.29, 1.82) is 0 Å². The molecule has 2 fully saturated rings. The fraction of sp³-hybridized carbons (Fsp3) is 0.938. The van der Waals surface area contributed by atoms with Crippen molar-refractivity contribution >= 4 is 5.91 Å². The second kappa shape index (κ2) is 6.25. The van der Waals surface area contributed by atoms with E-state index >= 15 is 0 Å². The molecule has 1 heterocycles. The Labute approximate surface area is 118 Å². The third-order valence-corrected chi connectivity index (χ3v) is 5.48. The van der Waals surface area contributed by atoms with Crippen LogP contribution in [0.2, 0.25) is 0 Å². The molecule has 0 unspecified atom stereocenters. The Morgan fingerprint density at radius 2 is 1.79 bits per heavy atom. The first-order chi connectivity index (χ1) is 9.06. The minimum atomic E-state index is 0.256. The van der Waals surface area contributed by atoms with E-state index in [1.54, 1.807) is 6.92 Å². The Morgan fingerprint density at radius 1 is 1.21 bits per heavy atom. The van der Waals surface area contributed by atoms with Crippen molar-refractivity contribution < 1.29 is 4.79 Å². The van der Waals surface area contributed by atoms with Crippen molar-refractivity contribution in [3.05, 3.63) is 0 Å². The molecule has 0 bridgehead atoms. The van der Waals surface area contributed by atoms with Crippen LogP contribution < -0.4 is 0 Å². The van der Waals surface area contributed by atoms with Gasteiger partial charge in [-0.1, -0.05) is 6.92 Å². The number of nitrogens with zero attached hydrogens (tertiary/aromatic N) is 2. The van der Waals surface area contributed by atoms with Gasteiger partial charge in [0.25, 0.3) is 0 Å². The van der Waals surface area contributed by atoms with E-state index in [0.29, 0.717) is 5.41 Å². The van der Waals surface area contributed by atoms with E-state index in [1.165, 1.54) is 51.5 Å². The molecule has 0 aromatic rings. The molecular formula is C16H30N2O. The van der Waals surface area contributed by atoms with Gasteiger partial charge in [-0.3, -0.25) is 4.79 Å². The van der Waals surface area contributed by atoms with E-state index in [4.69, 9.17) is 0 Å². The molecule has 0 radical (unpaired) electrons. The zero-order valence-electron chi connectivity index (χ0n) is 13.0. The first kappa shape index (κ1) is 14.8. The van der Waals surface area contributed by atoms with E-state index in [0.717, 1.165) is 19.1 Å². The van der Waals surface area contributed by atoms with Crippen LogP contribution in [0.3, 0.4) is 0 Å². The van der Waals surface area contributed by atoms with Gasteiger partial charge in [0.15, 0.2) is 0 Å². The van der Waals surface area contributed by atoms with Crippen LogP contribution in [0.15, 0.2) is 0 Å². The number of piperidine rings is 1. The maximum atomic E-state index is 11.4. The van der Waals surface area contributed by atoms with Gasteiger partial charge in [0.2, 0.25) is 5.91 Å². The number of hydrogen-bond acceptors (Lipinski definition) is 2. The molecule has 1 saturated carbocycles. The Balaban J connectivity index is 1.81. The van der Waals surface area contributed by atoms with Gasteiger partial charge in [-0.15, -0.1) is 0 Å². The van der Waals surface area contributed by atoms with Crippen molar-refractivity contribution in [2.75, 3.05) is 26.7 Å². The van der Waals surface area contributed by atoms with Crippen LogP contribution in [-0.4, -0.2) is 48.4 Å². The van der Waals surface area contributed by atoms with E-state index < -0.39 is 0 Å². The Bertz CT molecular complexity index is 298. The second-order valence-corrected chi connectivity index (χ2v) is 6.72. The van der Waals surface area contributed by atoms with E-state index in [-0.39, 0.29) is 5.91 Å². The number of amides is 1.